The number of rotatable bonds is 5. The van der Waals surface area contributed by atoms with Gasteiger partial charge in [-0.15, -0.1) is 0 Å². The molecule has 2 N–H and O–H groups in total. The van der Waals surface area contributed by atoms with Gasteiger partial charge in [-0.3, -0.25) is 0 Å². The third-order valence-corrected chi connectivity index (χ3v) is 2.31. The predicted molar refractivity (Wildman–Crippen MR) is 66.2 cm³/mol. The van der Waals surface area contributed by atoms with Crippen molar-refractivity contribution >= 4 is 11.7 Å². The van der Waals surface area contributed by atoms with Gasteiger partial charge in [-0.2, -0.15) is 0 Å². The van der Waals surface area contributed by atoms with Gasteiger partial charge in [0.2, 0.25) is 0 Å². The fourth-order valence-electron chi connectivity index (χ4n) is 1.30. The number of hydrogen-bond acceptors (Lipinski definition) is 5. The molecule has 0 heterocycles. The van der Waals surface area contributed by atoms with Crippen molar-refractivity contribution < 1.29 is 18.7 Å². The zero-order valence-corrected chi connectivity index (χ0v) is 10.7. The van der Waals surface area contributed by atoms with Crippen molar-refractivity contribution in [2.75, 3.05) is 40.1 Å². The molecule has 5 nitrogen and oxygen atoms in total. The molecule has 0 saturated carbocycles. The van der Waals surface area contributed by atoms with Crippen LogP contribution in [0.3, 0.4) is 0 Å². The molecule has 0 radical (unpaired) electrons. The second kappa shape index (κ2) is 6.20. The number of hydrogen-bond donors (Lipinski definition) is 1. The average Bonchev–Trinajstić information content (AvgIpc) is 2.30. The molecule has 0 spiro atoms. The van der Waals surface area contributed by atoms with Gasteiger partial charge in [-0.05, 0) is 20.2 Å². The van der Waals surface area contributed by atoms with E-state index in [0.29, 0.717) is 13.2 Å². The minimum Gasteiger partial charge on any atom is -0.489 e. The molecule has 0 unspecified atom stereocenters. The summed E-state index contributed by atoms with van der Waals surface area (Å²) in [7, 11) is 4.99. The Morgan fingerprint density at radius 1 is 1.44 bits per heavy atom. The first-order chi connectivity index (χ1) is 8.45. The minimum atomic E-state index is -0.620. The Kier molecular flexibility index (Phi) is 4.91. The third kappa shape index (κ3) is 3.59. The Bertz CT molecular complexity index is 436. The van der Waals surface area contributed by atoms with E-state index < -0.39 is 11.8 Å². The monoisotopic (exact) mass is 256 g/mol. The third-order valence-electron chi connectivity index (χ3n) is 2.31. The summed E-state index contributed by atoms with van der Waals surface area (Å²) in [6.07, 6.45) is 0. The van der Waals surface area contributed by atoms with Crippen LogP contribution in [-0.4, -0.2) is 45.2 Å². The molecule has 0 bridgehead atoms. The molecule has 0 aliphatic heterocycles. The number of ether oxygens (including phenoxy) is 2. The number of nitrogen functional groups attached to an aromatic ring is 1. The van der Waals surface area contributed by atoms with Crippen molar-refractivity contribution in [2.45, 2.75) is 0 Å². The molecule has 0 aliphatic carbocycles. The number of carbonyl (C=O) groups is 1. The van der Waals surface area contributed by atoms with Crippen LogP contribution >= 0.6 is 0 Å². The van der Waals surface area contributed by atoms with E-state index in [1.807, 2.05) is 19.0 Å². The molecule has 0 aliphatic rings. The topological polar surface area (TPSA) is 64.8 Å². The Morgan fingerprint density at radius 3 is 2.67 bits per heavy atom. The molecular formula is C12H17FN2O3. The Hall–Kier alpha value is -1.82. The molecule has 0 saturated heterocycles. The Labute approximate surface area is 105 Å². The number of halogens is 1. The number of esters is 1. The normalized spacial score (nSPS) is 10.5. The first-order valence-corrected chi connectivity index (χ1v) is 5.40. The lowest BCUT2D eigenvalue weighted by Gasteiger charge is -2.13. The van der Waals surface area contributed by atoms with Crippen LogP contribution in [0.2, 0.25) is 0 Å². The quantitative estimate of drug-likeness (QED) is 0.632. The van der Waals surface area contributed by atoms with Crippen LogP contribution in [0.4, 0.5) is 10.1 Å². The highest BCUT2D eigenvalue weighted by Crippen LogP contribution is 2.24. The van der Waals surface area contributed by atoms with Gasteiger partial charge in [0.1, 0.15) is 6.61 Å². The van der Waals surface area contributed by atoms with E-state index in [9.17, 15) is 9.18 Å². The fourth-order valence-corrected chi connectivity index (χ4v) is 1.30. The molecule has 1 aromatic carbocycles. The van der Waals surface area contributed by atoms with Crippen molar-refractivity contribution in [3.8, 4) is 5.75 Å². The molecular weight excluding hydrogens is 239 g/mol. The van der Waals surface area contributed by atoms with E-state index in [0.717, 1.165) is 6.07 Å². The maximum atomic E-state index is 13.6. The summed E-state index contributed by atoms with van der Waals surface area (Å²) in [5.41, 5.74) is 5.66. The smallest absolute Gasteiger partial charge is 0.340 e. The maximum absolute atomic E-state index is 13.6. The summed E-state index contributed by atoms with van der Waals surface area (Å²) in [6.45, 7) is 0.950. The van der Waals surface area contributed by atoms with Crippen LogP contribution in [0, 0.1) is 5.82 Å². The van der Waals surface area contributed by atoms with Crippen molar-refractivity contribution in [3.63, 3.8) is 0 Å². The van der Waals surface area contributed by atoms with E-state index >= 15 is 0 Å². The van der Waals surface area contributed by atoms with Gasteiger partial charge in [0.15, 0.2) is 11.6 Å². The standard InChI is InChI=1S/C12H17FN2O3/c1-15(2)4-5-18-11-6-8(12(16)17-3)10(14)7-9(11)13/h6-7H,4-5,14H2,1-3H3. The molecule has 0 amide bonds. The van der Waals surface area contributed by atoms with Gasteiger partial charge >= 0.3 is 5.97 Å². The van der Waals surface area contributed by atoms with Gasteiger partial charge in [0, 0.05) is 18.3 Å². The van der Waals surface area contributed by atoms with Gasteiger partial charge < -0.3 is 20.1 Å². The van der Waals surface area contributed by atoms with Crippen LogP contribution in [0.5, 0.6) is 5.75 Å². The van der Waals surface area contributed by atoms with Gasteiger partial charge in [0.05, 0.1) is 12.7 Å². The average molecular weight is 256 g/mol. The van der Waals surface area contributed by atoms with Crippen LogP contribution in [-0.2, 0) is 4.74 Å². The number of nitrogens with zero attached hydrogens (tertiary/aromatic N) is 1. The van der Waals surface area contributed by atoms with Crippen LogP contribution in [0.25, 0.3) is 0 Å². The lowest BCUT2D eigenvalue weighted by atomic mass is 10.1. The molecule has 0 atom stereocenters. The van der Waals surface area contributed by atoms with E-state index in [4.69, 9.17) is 10.5 Å². The summed E-state index contributed by atoms with van der Waals surface area (Å²) in [5.74, 6) is -1.23. The molecule has 0 aromatic heterocycles. The highest BCUT2D eigenvalue weighted by molar-refractivity contribution is 5.95. The van der Waals surface area contributed by atoms with Gasteiger partial charge in [-0.1, -0.05) is 0 Å². The number of methoxy groups -OCH3 is 1. The van der Waals surface area contributed by atoms with Crippen molar-refractivity contribution in [1.82, 2.24) is 4.90 Å². The summed E-state index contributed by atoms with van der Waals surface area (Å²) >= 11 is 0. The summed E-state index contributed by atoms with van der Waals surface area (Å²) < 4.78 is 23.4. The van der Waals surface area contributed by atoms with Crippen molar-refractivity contribution in [3.05, 3.63) is 23.5 Å². The zero-order valence-electron chi connectivity index (χ0n) is 10.7. The van der Waals surface area contributed by atoms with E-state index in [1.54, 1.807) is 0 Å². The second-order valence-corrected chi connectivity index (χ2v) is 4.01. The summed E-state index contributed by atoms with van der Waals surface area (Å²) in [6, 6.07) is 2.31. The Morgan fingerprint density at radius 2 is 2.11 bits per heavy atom. The fraction of sp³-hybridized carbons (Fsp3) is 0.417. The maximum Gasteiger partial charge on any atom is 0.340 e. The lowest BCUT2D eigenvalue weighted by Crippen LogP contribution is -2.20. The second-order valence-electron chi connectivity index (χ2n) is 4.01. The first kappa shape index (κ1) is 14.2. The number of likely N-dealkylation sites (N-methyl/N-ethyl adjacent to an activating group) is 1. The lowest BCUT2D eigenvalue weighted by molar-refractivity contribution is 0.0601. The van der Waals surface area contributed by atoms with E-state index in [1.165, 1.54) is 13.2 Å². The van der Waals surface area contributed by atoms with Crippen LogP contribution in [0.15, 0.2) is 12.1 Å². The zero-order chi connectivity index (χ0) is 13.7. The number of carbonyl (C=O) groups excluding carboxylic acids is 1. The van der Waals surface area contributed by atoms with Crippen LogP contribution in [0.1, 0.15) is 10.4 Å². The minimum absolute atomic E-state index is 0.00792. The largest absolute Gasteiger partial charge is 0.489 e. The van der Waals surface area contributed by atoms with Crippen LogP contribution < -0.4 is 10.5 Å². The first-order valence-electron chi connectivity index (χ1n) is 5.40. The number of benzene rings is 1. The SMILES string of the molecule is COC(=O)c1cc(OCCN(C)C)c(F)cc1N. The van der Waals surface area contributed by atoms with Crippen molar-refractivity contribution in [1.29, 1.82) is 0 Å². The highest BCUT2D eigenvalue weighted by Gasteiger charge is 2.15. The highest BCUT2D eigenvalue weighted by atomic mass is 19.1. The van der Waals surface area contributed by atoms with Crippen molar-refractivity contribution in [2.24, 2.45) is 0 Å². The summed E-state index contributed by atoms with van der Waals surface area (Å²) in [5, 5.41) is 0. The van der Waals surface area contributed by atoms with E-state index in [2.05, 4.69) is 4.74 Å². The molecule has 18 heavy (non-hydrogen) atoms. The molecule has 6 heteroatoms. The Balaban J connectivity index is 2.88. The van der Waals surface area contributed by atoms with E-state index in [-0.39, 0.29) is 17.0 Å². The number of nitrogens with two attached hydrogens (primary N) is 1. The molecule has 1 rings (SSSR count). The predicted octanol–water partition coefficient (Wildman–Crippen LogP) is 1.13. The molecule has 0 fully saturated rings. The summed E-state index contributed by atoms with van der Waals surface area (Å²) in [4.78, 5) is 13.3. The molecule has 100 valence electrons. The van der Waals surface area contributed by atoms with Gasteiger partial charge in [0.25, 0.3) is 0 Å². The number of anilines is 1. The van der Waals surface area contributed by atoms with Gasteiger partial charge in [-0.25, -0.2) is 9.18 Å². The molecule has 1 aromatic rings.